The number of carbonyl (C=O) groups is 4. The third-order valence-electron chi connectivity index (χ3n) is 11.6. The number of nitrogens with zero attached hydrogens (tertiary/aromatic N) is 4. The van der Waals surface area contributed by atoms with Crippen LogP contribution in [0.15, 0.2) is 60.8 Å². The van der Waals surface area contributed by atoms with Crippen LogP contribution in [0, 0.1) is 11.8 Å². The molecule has 2 fully saturated rings. The van der Waals surface area contributed by atoms with E-state index in [1.807, 2.05) is 49.8 Å². The quantitative estimate of drug-likeness (QED) is 0.109. The van der Waals surface area contributed by atoms with E-state index in [2.05, 4.69) is 69.1 Å². The number of amides is 4. The molecule has 57 heavy (non-hydrogen) atoms. The van der Waals surface area contributed by atoms with Crippen molar-refractivity contribution in [3.8, 4) is 22.4 Å². The summed E-state index contributed by atoms with van der Waals surface area (Å²) in [6, 6.07) is 17.1. The summed E-state index contributed by atoms with van der Waals surface area (Å²) >= 11 is 0. The van der Waals surface area contributed by atoms with Crippen LogP contribution in [0.3, 0.4) is 0 Å². The van der Waals surface area contributed by atoms with Crippen LogP contribution in [0.25, 0.3) is 44.2 Å². The Morgan fingerprint density at radius 1 is 0.754 bits per heavy atom. The highest BCUT2D eigenvalue weighted by Crippen LogP contribution is 2.36. The smallest absolute Gasteiger partial charge is 0.407 e. The Morgan fingerprint density at radius 2 is 1.32 bits per heavy atom. The number of likely N-dealkylation sites (tertiary alicyclic amines) is 2. The molecule has 0 spiro atoms. The summed E-state index contributed by atoms with van der Waals surface area (Å²) < 4.78 is 9.58. The number of fused-ring (bicyclic) bond motifs is 2. The van der Waals surface area contributed by atoms with E-state index in [1.165, 1.54) is 14.2 Å². The second-order valence-corrected chi connectivity index (χ2v) is 15.5. The summed E-state index contributed by atoms with van der Waals surface area (Å²) in [5.41, 5.74) is 5.66. The molecule has 14 heteroatoms. The molecule has 0 saturated carbocycles. The molecule has 4 N–H and O–H groups in total. The summed E-state index contributed by atoms with van der Waals surface area (Å²) in [6.07, 6.45) is 4.57. The second kappa shape index (κ2) is 16.7. The van der Waals surface area contributed by atoms with Gasteiger partial charge in [0.15, 0.2) is 0 Å². The van der Waals surface area contributed by atoms with Crippen molar-refractivity contribution in [2.24, 2.45) is 11.8 Å². The number of nitrogens with one attached hydrogen (secondary N) is 4. The van der Waals surface area contributed by atoms with Gasteiger partial charge in [0, 0.05) is 18.7 Å². The van der Waals surface area contributed by atoms with Gasteiger partial charge in [0.05, 0.1) is 49.2 Å². The minimum atomic E-state index is -0.691. The number of hydrogen-bond acceptors (Lipinski definition) is 8. The maximum absolute atomic E-state index is 13.8. The number of alkyl carbamates (subject to hydrolysis) is 2. The van der Waals surface area contributed by atoms with Crippen molar-refractivity contribution in [1.29, 1.82) is 0 Å². The molecule has 3 aromatic carbocycles. The molecule has 300 valence electrons. The molecule has 2 aliphatic rings. The van der Waals surface area contributed by atoms with Crippen LogP contribution in [-0.4, -0.2) is 93.1 Å². The number of benzene rings is 3. The third kappa shape index (κ3) is 8.03. The number of imidazole rings is 2. The van der Waals surface area contributed by atoms with Gasteiger partial charge in [-0.1, -0.05) is 64.4 Å². The van der Waals surface area contributed by atoms with Crippen molar-refractivity contribution in [1.82, 2.24) is 40.4 Å². The Hall–Kier alpha value is -5.92. The molecule has 5 aromatic rings. The lowest BCUT2D eigenvalue weighted by molar-refractivity contribution is -0.136. The average molecular weight is 777 g/mol. The van der Waals surface area contributed by atoms with Crippen LogP contribution in [0.5, 0.6) is 0 Å². The first-order valence-electron chi connectivity index (χ1n) is 19.9. The van der Waals surface area contributed by atoms with Crippen LogP contribution in [-0.2, 0) is 19.1 Å². The monoisotopic (exact) mass is 776 g/mol. The molecule has 2 aromatic heterocycles. The van der Waals surface area contributed by atoms with Crippen molar-refractivity contribution in [3.63, 3.8) is 0 Å². The first kappa shape index (κ1) is 39.3. The summed E-state index contributed by atoms with van der Waals surface area (Å²) in [6.45, 7) is 8.95. The molecular formula is C43H52N8O6. The highest BCUT2D eigenvalue weighted by Gasteiger charge is 2.39. The van der Waals surface area contributed by atoms with Gasteiger partial charge in [0.1, 0.15) is 23.7 Å². The Bertz CT molecular complexity index is 2280. The van der Waals surface area contributed by atoms with Crippen LogP contribution < -0.4 is 10.6 Å². The highest BCUT2D eigenvalue weighted by molar-refractivity contribution is 5.92. The molecule has 0 aliphatic carbocycles. The van der Waals surface area contributed by atoms with Crippen LogP contribution >= 0.6 is 0 Å². The Balaban J connectivity index is 1.07. The fraction of sp³-hybridized carbons (Fsp3) is 0.442. The fourth-order valence-electron chi connectivity index (χ4n) is 8.17. The van der Waals surface area contributed by atoms with Gasteiger partial charge in [-0.15, -0.1) is 0 Å². The lowest BCUT2D eigenvalue weighted by Gasteiger charge is -2.30. The van der Waals surface area contributed by atoms with Crippen molar-refractivity contribution >= 4 is 45.8 Å². The topological polar surface area (TPSA) is 175 Å². The largest absolute Gasteiger partial charge is 0.453 e. The molecule has 2 aliphatic heterocycles. The van der Waals surface area contributed by atoms with E-state index in [9.17, 15) is 19.2 Å². The van der Waals surface area contributed by atoms with Gasteiger partial charge in [0.2, 0.25) is 11.8 Å². The molecule has 4 heterocycles. The van der Waals surface area contributed by atoms with Crippen molar-refractivity contribution in [2.45, 2.75) is 84.0 Å². The van der Waals surface area contributed by atoms with Gasteiger partial charge in [-0.05, 0) is 83.7 Å². The number of H-pyrrole nitrogens is 2. The van der Waals surface area contributed by atoms with Gasteiger partial charge >= 0.3 is 12.2 Å². The normalized spacial score (nSPS) is 18.5. The van der Waals surface area contributed by atoms with E-state index in [0.717, 1.165) is 87.9 Å². The van der Waals surface area contributed by atoms with E-state index in [4.69, 9.17) is 19.4 Å². The average Bonchev–Trinajstić information content (AvgIpc) is 4.06. The Kier molecular flexibility index (Phi) is 11.5. The number of methoxy groups -OCH3 is 2. The summed E-state index contributed by atoms with van der Waals surface area (Å²) in [4.78, 5) is 71.7. The van der Waals surface area contributed by atoms with Gasteiger partial charge in [-0.2, -0.15) is 0 Å². The number of ether oxygens (including phenoxy) is 2. The first-order chi connectivity index (χ1) is 27.5. The molecule has 2 saturated heterocycles. The van der Waals surface area contributed by atoms with Gasteiger partial charge in [-0.3, -0.25) is 9.59 Å². The SMILES string of the molecule is CC[C@H](C)[C@H](NC(=O)OC)C(=O)N1CCC[C@H]1c1nc2ccc(-c3ccc4cc(-c5cnc([C@@H]6CCCN6C(=O)[C@@H](NC(=O)OC)C(C)C)[nH]5)ccc4c3)cc2[nH]1. The number of aromatic nitrogens is 4. The molecule has 7 rings (SSSR count). The minimum absolute atomic E-state index is 0.0579. The maximum Gasteiger partial charge on any atom is 0.407 e. The zero-order valence-electron chi connectivity index (χ0n) is 33.4. The van der Waals surface area contributed by atoms with Crippen LogP contribution in [0.2, 0.25) is 0 Å². The molecule has 0 unspecified atom stereocenters. The van der Waals surface area contributed by atoms with Crippen molar-refractivity contribution in [2.75, 3.05) is 27.3 Å². The van der Waals surface area contributed by atoms with Gasteiger partial charge in [0.25, 0.3) is 0 Å². The van der Waals surface area contributed by atoms with E-state index >= 15 is 0 Å². The van der Waals surface area contributed by atoms with E-state index in [0.29, 0.717) is 13.1 Å². The Morgan fingerprint density at radius 3 is 1.95 bits per heavy atom. The lowest BCUT2D eigenvalue weighted by Crippen LogP contribution is -2.51. The zero-order chi connectivity index (χ0) is 40.4. The standard InChI is InChI=1S/C43H52N8O6/c1-7-25(4)37(49-43(55)57-6)41(53)51-19-9-11-35(51)39-45-31-17-16-29(22-32(31)46-39)27-12-13-28-21-30(15-14-26(28)20-27)33-23-44-38(47-33)34-10-8-18-50(34)40(52)36(24(2)3)48-42(54)56-5/h12-17,20-25,34-37H,7-11,18-19H2,1-6H3,(H,44,47)(H,45,46)(H,48,54)(H,49,55)/t25-,34-,35-,36-,37-/m0/s1. The predicted molar refractivity (Wildman–Crippen MR) is 217 cm³/mol. The van der Waals surface area contributed by atoms with E-state index < -0.39 is 24.3 Å². The molecule has 14 nitrogen and oxygen atoms in total. The number of rotatable bonds is 11. The number of carbonyl (C=O) groups excluding carboxylic acids is 4. The lowest BCUT2D eigenvalue weighted by atomic mass is 9.97. The molecular weight excluding hydrogens is 725 g/mol. The van der Waals surface area contributed by atoms with E-state index in [1.54, 1.807) is 0 Å². The van der Waals surface area contributed by atoms with Crippen molar-refractivity contribution < 1.29 is 28.7 Å². The van der Waals surface area contributed by atoms with Gasteiger partial charge in [-0.25, -0.2) is 19.6 Å². The second-order valence-electron chi connectivity index (χ2n) is 15.5. The first-order valence-corrected chi connectivity index (χ1v) is 19.9. The number of hydrogen-bond donors (Lipinski definition) is 4. The Labute approximate surface area is 332 Å². The maximum atomic E-state index is 13.8. The highest BCUT2D eigenvalue weighted by atomic mass is 16.5. The summed E-state index contributed by atoms with van der Waals surface area (Å²) in [7, 11) is 2.59. The minimum Gasteiger partial charge on any atom is -0.453 e. The van der Waals surface area contributed by atoms with Crippen LogP contribution in [0.1, 0.15) is 83.5 Å². The zero-order valence-corrected chi connectivity index (χ0v) is 33.4. The summed E-state index contributed by atoms with van der Waals surface area (Å²) in [5, 5.41) is 7.62. The predicted octanol–water partition coefficient (Wildman–Crippen LogP) is 7.25. The fourth-order valence-corrected chi connectivity index (χ4v) is 8.17. The van der Waals surface area contributed by atoms with E-state index in [-0.39, 0.29) is 35.7 Å². The molecule has 5 atom stereocenters. The van der Waals surface area contributed by atoms with Crippen LogP contribution in [0.4, 0.5) is 9.59 Å². The number of aromatic amines is 2. The molecule has 0 bridgehead atoms. The van der Waals surface area contributed by atoms with Crippen molar-refractivity contribution in [3.05, 3.63) is 72.4 Å². The molecule has 4 amide bonds. The van der Waals surface area contributed by atoms with Gasteiger partial charge < -0.3 is 39.9 Å². The molecule has 0 radical (unpaired) electrons. The summed E-state index contributed by atoms with van der Waals surface area (Å²) in [5.74, 6) is 1.04. The third-order valence-corrected chi connectivity index (χ3v) is 11.6.